The number of methoxy groups -OCH3 is 1. The van der Waals surface area contributed by atoms with Crippen molar-refractivity contribution < 1.29 is 19.4 Å². The largest absolute Gasteiger partial charge is 0.478 e. The minimum absolute atomic E-state index is 0.213. The third-order valence-corrected chi connectivity index (χ3v) is 3.76. The predicted octanol–water partition coefficient (Wildman–Crippen LogP) is 3.71. The van der Waals surface area contributed by atoms with E-state index in [4.69, 9.17) is 9.84 Å². The molecule has 0 unspecified atom stereocenters. The fourth-order valence-corrected chi connectivity index (χ4v) is 2.49. The number of hydrogen-bond acceptors (Lipinski definition) is 4. The second-order valence-electron chi connectivity index (χ2n) is 5.46. The average Bonchev–Trinajstić information content (AvgIpc) is 3.14. The van der Waals surface area contributed by atoms with Gasteiger partial charge in [0, 0.05) is 11.9 Å². The number of esters is 1. The minimum Gasteiger partial charge on any atom is -0.478 e. The monoisotopic (exact) mass is 348 g/mol. The van der Waals surface area contributed by atoms with Crippen LogP contribution in [0.2, 0.25) is 0 Å². The van der Waals surface area contributed by atoms with E-state index < -0.39 is 11.9 Å². The lowest BCUT2D eigenvalue weighted by Crippen LogP contribution is -2.02. The van der Waals surface area contributed by atoms with E-state index in [0.717, 1.165) is 11.4 Å². The lowest BCUT2D eigenvalue weighted by atomic mass is 10.2. The van der Waals surface area contributed by atoms with Gasteiger partial charge >= 0.3 is 11.9 Å². The fraction of sp³-hybridized carbons (Fsp3) is 0.0500. The number of benzene rings is 2. The van der Waals surface area contributed by atoms with Crippen LogP contribution in [0.25, 0.3) is 5.69 Å². The molecule has 0 spiro atoms. The number of carboxylic acids is 1. The summed E-state index contributed by atoms with van der Waals surface area (Å²) in [5.74, 6) is -1.40. The van der Waals surface area contributed by atoms with E-state index in [2.05, 4.69) is 4.99 Å². The summed E-state index contributed by atoms with van der Waals surface area (Å²) in [5.41, 5.74) is 2.74. The van der Waals surface area contributed by atoms with Crippen molar-refractivity contribution in [1.82, 2.24) is 4.57 Å². The van der Waals surface area contributed by atoms with Crippen LogP contribution in [0.15, 0.2) is 71.9 Å². The van der Waals surface area contributed by atoms with Gasteiger partial charge < -0.3 is 14.4 Å². The van der Waals surface area contributed by atoms with Crippen LogP contribution in [0, 0.1) is 0 Å². The van der Waals surface area contributed by atoms with Crippen LogP contribution in [0.1, 0.15) is 26.4 Å². The first kappa shape index (κ1) is 17.2. The molecule has 0 aliphatic heterocycles. The topological polar surface area (TPSA) is 80.9 Å². The van der Waals surface area contributed by atoms with E-state index in [1.165, 1.54) is 7.11 Å². The van der Waals surface area contributed by atoms with Crippen LogP contribution in [-0.2, 0) is 4.74 Å². The molecule has 6 heteroatoms. The van der Waals surface area contributed by atoms with Crippen LogP contribution >= 0.6 is 0 Å². The maximum absolute atomic E-state index is 11.6. The third kappa shape index (κ3) is 3.70. The highest BCUT2D eigenvalue weighted by Crippen LogP contribution is 2.17. The predicted molar refractivity (Wildman–Crippen MR) is 97.8 cm³/mol. The summed E-state index contributed by atoms with van der Waals surface area (Å²) in [7, 11) is 1.33. The van der Waals surface area contributed by atoms with Gasteiger partial charge in [0.15, 0.2) is 0 Å². The zero-order valence-corrected chi connectivity index (χ0v) is 14.0. The third-order valence-electron chi connectivity index (χ3n) is 3.76. The Balaban J connectivity index is 1.90. The summed E-state index contributed by atoms with van der Waals surface area (Å²) >= 11 is 0. The summed E-state index contributed by atoms with van der Waals surface area (Å²) in [6, 6.07) is 17.2. The number of nitrogens with zero attached hydrogens (tertiary/aromatic N) is 2. The molecule has 0 aliphatic carbocycles. The number of aromatic carboxylic acids is 1. The number of hydrogen-bond donors (Lipinski definition) is 1. The zero-order chi connectivity index (χ0) is 18.5. The lowest BCUT2D eigenvalue weighted by molar-refractivity contribution is 0.0600. The molecule has 0 atom stereocenters. The summed E-state index contributed by atoms with van der Waals surface area (Å²) in [4.78, 5) is 27.2. The van der Waals surface area contributed by atoms with E-state index in [1.807, 2.05) is 29.0 Å². The SMILES string of the molecule is COC(=O)c1cccc(N=Cc2cccn2-c2cccc(C(=O)O)c2)c1. The number of aliphatic imine (C=N–C) groups is 1. The first-order valence-corrected chi connectivity index (χ1v) is 7.82. The van der Waals surface area contributed by atoms with Crippen molar-refractivity contribution in [3.05, 3.63) is 83.7 Å². The van der Waals surface area contributed by atoms with Crippen molar-refractivity contribution in [3.8, 4) is 5.69 Å². The molecule has 0 radical (unpaired) electrons. The molecule has 26 heavy (non-hydrogen) atoms. The lowest BCUT2D eigenvalue weighted by Gasteiger charge is -2.07. The van der Waals surface area contributed by atoms with E-state index >= 15 is 0 Å². The molecular formula is C20H16N2O4. The Bertz CT molecular complexity index is 989. The van der Waals surface area contributed by atoms with Crippen molar-refractivity contribution in [2.45, 2.75) is 0 Å². The summed E-state index contributed by atoms with van der Waals surface area (Å²) in [6.45, 7) is 0. The number of carbonyl (C=O) groups excluding carboxylic acids is 1. The van der Waals surface area contributed by atoms with E-state index in [-0.39, 0.29) is 5.56 Å². The van der Waals surface area contributed by atoms with Gasteiger partial charge in [-0.1, -0.05) is 12.1 Å². The standard InChI is InChI=1S/C20H16N2O4/c1-26-20(25)15-6-2-7-16(11-15)21-13-18-9-4-10-22(18)17-8-3-5-14(12-17)19(23)24/h2-13H,1H3,(H,23,24). The minimum atomic E-state index is -0.978. The molecule has 6 nitrogen and oxygen atoms in total. The number of ether oxygens (including phenoxy) is 1. The number of carbonyl (C=O) groups is 2. The van der Waals surface area contributed by atoms with Crippen LogP contribution in [-0.4, -0.2) is 34.9 Å². The van der Waals surface area contributed by atoms with Gasteiger partial charge in [-0.05, 0) is 48.5 Å². The number of carboxylic acid groups (broad SMARTS) is 1. The molecule has 0 aliphatic rings. The molecule has 0 fully saturated rings. The summed E-state index contributed by atoms with van der Waals surface area (Å²) < 4.78 is 6.54. The molecule has 3 rings (SSSR count). The maximum Gasteiger partial charge on any atom is 0.337 e. The van der Waals surface area contributed by atoms with Gasteiger partial charge in [0.1, 0.15) is 0 Å². The normalized spacial score (nSPS) is 10.8. The molecule has 2 aromatic carbocycles. The van der Waals surface area contributed by atoms with Crippen molar-refractivity contribution in [2.24, 2.45) is 4.99 Å². The van der Waals surface area contributed by atoms with Crippen molar-refractivity contribution in [3.63, 3.8) is 0 Å². The first-order valence-electron chi connectivity index (χ1n) is 7.82. The summed E-state index contributed by atoms with van der Waals surface area (Å²) in [5, 5.41) is 9.15. The number of rotatable bonds is 5. The molecule has 1 aromatic heterocycles. The van der Waals surface area contributed by atoms with Crippen LogP contribution in [0.4, 0.5) is 5.69 Å². The fourth-order valence-electron chi connectivity index (χ4n) is 2.49. The second kappa shape index (κ2) is 7.48. The van der Waals surface area contributed by atoms with E-state index in [1.54, 1.807) is 48.7 Å². The Morgan fingerprint density at radius 2 is 1.81 bits per heavy atom. The van der Waals surface area contributed by atoms with Crippen LogP contribution in [0.3, 0.4) is 0 Å². The average molecular weight is 348 g/mol. The highest BCUT2D eigenvalue weighted by molar-refractivity contribution is 5.91. The van der Waals surface area contributed by atoms with Crippen molar-refractivity contribution >= 4 is 23.8 Å². The zero-order valence-electron chi connectivity index (χ0n) is 14.0. The van der Waals surface area contributed by atoms with Gasteiger partial charge in [0.25, 0.3) is 0 Å². The van der Waals surface area contributed by atoms with Crippen molar-refractivity contribution in [2.75, 3.05) is 7.11 Å². The van der Waals surface area contributed by atoms with Gasteiger partial charge in [-0.15, -0.1) is 0 Å². The molecule has 0 bridgehead atoms. The van der Waals surface area contributed by atoms with E-state index in [0.29, 0.717) is 11.3 Å². The van der Waals surface area contributed by atoms with E-state index in [9.17, 15) is 9.59 Å². The summed E-state index contributed by atoms with van der Waals surface area (Å²) in [6.07, 6.45) is 3.48. The van der Waals surface area contributed by atoms with Gasteiger partial charge in [-0.2, -0.15) is 0 Å². The van der Waals surface area contributed by atoms with Gasteiger partial charge in [0.05, 0.1) is 35.8 Å². The Hall–Kier alpha value is -3.67. The van der Waals surface area contributed by atoms with Crippen LogP contribution in [0.5, 0.6) is 0 Å². The Morgan fingerprint density at radius 3 is 2.58 bits per heavy atom. The molecule has 0 amide bonds. The molecule has 1 heterocycles. The molecule has 1 N–H and O–H groups in total. The van der Waals surface area contributed by atoms with Crippen molar-refractivity contribution in [1.29, 1.82) is 0 Å². The van der Waals surface area contributed by atoms with Crippen LogP contribution < -0.4 is 0 Å². The highest BCUT2D eigenvalue weighted by Gasteiger charge is 2.07. The second-order valence-corrected chi connectivity index (χ2v) is 5.46. The molecular weight excluding hydrogens is 332 g/mol. The van der Waals surface area contributed by atoms with Gasteiger partial charge in [-0.25, -0.2) is 9.59 Å². The Labute approximate surface area is 150 Å². The molecule has 3 aromatic rings. The number of aromatic nitrogens is 1. The maximum atomic E-state index is 11.6. The van der Waals surface area contributed by atoms with Gasteiger partial charge in [-0.3, -0.25) is 4.99 Å². The first-order chi connectivity index (χ1) is 12.6. The molecule has 0 saturated carbocycles. The molecule has 130 valence electrons. The Kier molecular flexibility index (Phi) is 4.94. The Morgan fingerprint density at radius 1 is 1.04 bits per heavy atom. The quantitative estimate of drug-likeness (QED) is 0.563. The van der Waals surface area contributed by atoms with Gasteiger partial charge in [0.2, 0.25) is 0 Å². The highest BCUT2D eigenvalue weighted by atomic mass is 16.5. The molecule has 0 saturated heterocycles. The smallest absolute Gasteiger partial charge is 0.337 e.